The Morgan fingerprint density at radius 1 is 1.24 bits per heavy atom. The fourth-order valence-electron chi connectivity index (χ4n) is 4.72. The first-order chi connectivity index (χ1) is 9.78. The van der Waals surface area contributed by atoms with E-state index in [9.17, 15) is 9.90 Å². The molecule has 0 radical (unpaired) electrons. The van der Waals surface area contributed by atoms with Crippen LogP contribution in [-0.2, 0) is 19.0 Å². The van der Waals surface area contributed by atoms with Crippen LogP contribution in [0.3, 0.4) is 0 Å². The molecule has 3 heterocycles. The maximum Gasteiger partial charge on any atom is 0.190 e. The maximum absolute atomic E-state index is 12.9. The summed E-state index contributed by atoms with van der Waals surface area (Å²) in [6, 6.07) is 0. The van der Waals surface area contributed by atoms with Crippen LogP contribution in [-0.4, -0.2) is 41.8 Å². The van der Waals surface area contributed by atoms with Crippen molar-refractivity contribution >= 4 is 5.78 Å². The molecule has 1 N–H and O–H groups in total. The van der Waals surface area contributed by atoms with E-state index < -0.39 is 17.7 Å². The number of rotatable bonds is 0. The molecule has 0 aromatic carbocycles. The quantitative estimate of drug-likeness (QED) is 0.684. The molecule has 5 heteroatoms. The molecule has 0 aromatic rings. The second-order valence-electron chi connectivity index (χ2n) is 7.48. The summed E-state index contributed by atoms with van der Waals surface area (Å²) >= 11 is 0. The SMILES string of the molecule is CC1=C[C@]2(O)O[C@@H]1C(=O)[C@H]1CC3(C[C@@H]2C1(C)C)OCCO3. The Hall–Kier alpha value is -0.750. The molecule has 4 bridgehead atoms. The van der Waals surface area contributed by atoms with Crippen molar-refractivity contribution in [1.29, 1.82) is 0 Å². The summed E-state index contributed by atoms with van der Waals surface area (Å²) in [6.07, 6.45) is 2.20. The van der Waals surface area contributed by atoms with Crippen molar-refractivity contribution in [3.8, 4) is 0 Å². The van der Waals surface area contributed by atoms with E-state index in [0.29, 0.717) is 26.1 Å². The molecule has 4 atom stereocenters. The van der Waals surface area contributed by atoms with Gasteiger partial charge in [-0.2, -0.15) is 0 Å². The zero-order chi connectivity index (χ0) is 15.0. The highest BCUT2D eigenvalue weighted by molar-refractivity contribution is 5.90. The summed E-state index contributed by atoms with van der Waals surface area (Å²) in [5.74, 6) is -2.53. The molecule has 3 fully saturated rings. The largest absolute Gasteiger partial charge is 0.362 e. The molecular weight excluding hydrogens is 272 g/mol. The van der Waals surface area contributed by atoms with E-state index in [1.807, 2.05) is 20.8 Å². The maximum atomic E-state index is 12.9. The Labute approximate surface area is 124 Å². The molecule has 2 saturated heterocycles. The highest BCUT2D eigenvalue weighted by atomic mass is 16.7. The molecule has 5 nitrogen and oxygen atoms in total. The Morgan fingerprint density at radius 2 is 1.90 bits per heavy atom. The van der Waals surface area contributed by atoms with E-state index in [4.69, 9.17) is 14.2 Å². The first-order valence-corrected chi connectivity index (χ1v) is 7.69. The van der Waals surface area contributed by atoms with Crippen LogP contribution in [0.1, 0.15) is 33.6 Å². The Bertz CT molecular complexity index is 531. The van der Waals surface area contributed by atoms with Crippen LogP contribution in [0.5, 0.6) is 0 Å². The summed E-state index contributed by atoms with van der Waals surface area (Å²) in [5.41, 5.74) is 0.468. The van der Waals surface area contributed by atoms with Crippen molar-refractivity contribution in [2.75, 3.05) is 13.2 Å². The minimum absolute atomic E-state index is 0.0466. The molecule has 0 amide bonds. The van der Waals surface area contributed by atoms with E-state index >= 15 is 0 Å². The average molecular weight is 294 g/mol. The van der Waals surface area contributed by atoms with Gasteiger partial charge in [0.2, 0.25) is 0 Å². The highest BCUT2D eigenvalue weighted by Crippen LogP contribution is 2.59. The van der Waals surface area contributed by atoms with E-state index in [-0.39, 0.29) is 23.0 Å². The normalized spacial score (nSPS) is 46.6. The van der Waals surface area contributed by atoms with Crippen LogP contribution in [0, 0.1) is 17.3 Å². The van der Waals surface area contributed by atoms with Crippen LogP contribution in [0.15, 0.2) is 11.6 Å². The number of ether oxygens (including phenoxy) is 3. The lowest BCUT2D eigenvalue weighted by Gasteiger charge is -2.52. The second kappa shape index (κ2) is 3.96. The van der Waals surface area contributed by atoms with Gasteiger partial charge >= 0.3 is 0 Å². The van der Waals surface area contributed by atoms with Gasteiger partial charge in [-0.25, -0.2) is 0 Å². The van der Waals surface area contributed by atoms with Gasteiger partial charge in [-0.1, -0.05) is 13.8 Å². The van der Waals surface area contributed by atoms with Crippen molar-refractivity contribution in [2.45, 2.75) is 51.3 Å². The van der Waals surface area contributed by atoms with Gasteiger partial charge in [-0.3, -0.25) is 4.79 Å². The topological polar surface area (TPSA) is 65.0 Å². The molecule has 4 aliphatic rings. The summed E-state index contributed by atoms with van der Waals surface area (Å²) in [6.45, 7) is 7.05. The molecule has 4 rings (SSSR count). The predicted octanol–water partition coefficient (Wildman–Crippen LogP) is 1.40. The minimum Gasteiger partial charge on any atom is -0.362 e. The number of carbonyl (C=O) groups excluding carboxylic acids is 1. The zero-order valence-corrected chi connectivity index (χ0v) is 12.7. The molecule has 0 unspecified atom stereocenters. The van der Waals surface area contributed by atoms with E-state index in [2.05, 4.69) is 0 Å². The summed E-state index contributed by atoms with van der Waals surface area (Å²) in [4.78, 5) is 12.9. The van der Waals surface area contributed by atoms with Crippen molar-refractivity contribution in [1.82, 2.24) is 0 Å². The number of aliphatic hydroxyl groups is 1. The van der Waals surface area contributed by atoms with Gasteiger partial charge in [0.1, 0.15) is 6.10 Å². The number of Topliss-reactive ketones (excluding diaryl/α,β-unsaturated/α-hetero) is 1. The molecule has 1 spiro atoms. The van der Waals surface area contributed by atoms with Gasteiger partial charge in [0.05, 0.1) is 13.2 Å². The van der Waals surface area contributed by atoms with Gasteiger partial charge in [0.15, 0.2) is 17.4 Å². The smallest absolute Gasteiger partial charge is 0.190 e. The Kier molecular flexibility index (Phi) is 2.62. The molecule has 1 aliphatic carbocycles. The predicted molar refractivity (Wildman–Crippen MR) is 73.2 cm³/mol. The minimum atomic E-state index is -1.40. The van der Waals surface area contributed by atoms with Crippen LogP contribution < -0.4 is 0 Å². The lowest BCUT2D eigenvalue weighted by atomic mass is 9.56. The van der Waals surface area contributed by atoms with Crippen LogP contribution in [0.4, 0.5) is 0 Å². The molecule has 21 heavy (non-hydrogen) atoms. The molecule has 3 aliphatic heterocycles. The number of hydrogen-bond donors (Lipinski definition) is 1. The first kappa shape index (κ1) is 13.9. The summed E-state index contributed by atoms with van der Waals surface area (Å²) in [5, 5.41) is 11.0. The third kappa shape index (κ3) is 1.69. The number of hydrogen-bond acceptors (Lipinski definition) is 5. The number of ketones is 1. The number of fused-ring (bicyclic) bond motifs is 5. The molecule has 1 saturated carbocycles. The lowest BCUT2D eigenvalue weighted by Crippen LogP contribution is -2.57. The third-order valence-electron chi connectivity index (χ3n) is 5.90. The standard InChI is InChI=1S/C16H22O5/c1-9-6-16(18)11-8-15(19-4-5-20-15)7-10(14(11,2)3)12(17)13(9)21-16/h6,10-11,13,18H,4-5,7-8H2,1-3H3/t10-,11-,13+,16+/m1/s1. The lowest BCUT2D eigenvalue weighted by molar-refractivity contribution is -0.271. The van der Waals surface area contributed by atoms with Crippen molar-refractivity contribution < 1.29 is 24.1 Å². The Morgan fingerprint density at radius 3 is 2.57 bits per heavy atom. The monoisotopic (exact) mass is 294 g/mol. The molecule has 0 aromatic heterocycles. The van der Waals surface area contributed by atoms with E-state index in [1.165, 1.54) is 0 Å². The second-order valence-corrected chi connectivity index (χ2v) is 7.48. The Balaban J connectivity index is 1.85. The summed E-state index contributed by atoms with van der Waals surface area (Å²) < 4.78 is 17.5. The van der Waals surface area contributed by atoms with Crippen molar-refractivity contribution in [3.05, 3.63) is 11.6 Å². The zero-order valence-electron chi connectivity index (χ0n) is 12.7. The van der Waals surface area contributed by atoms with Gasteiger partial charge in [0, 0.05) is 24.7 Å². The fraction of sp³-hybridized carbons (Fsp3) is 0.812. The molecular formula is C16H22O5. The average Bonchev–Trinajstić information content (AvgIpc) is 2.96. The van der Waals surface area contributed by atoms with Gasteiger partial charge in [-0.15, -0.1) is 0 Å². The summed E-state index contributed by atoms with van der Waals surface area (Å²) in [7, 11) is 0. The third-order valence-corrected chi connectivity index (χ3v) is 5.90. The van der Waals surface area contributed by atoms with E-state index in [0.717, 1.165) is 5.57 Å². The first-order valence-electron chi connectivity index (χ1n) is 7.69. The number of carbonyl (C=O) groups is 1. The van der Waals surface area contributed by atoms with Crippen LogP contribution in [0.25, 0.3) is 0 Å². The van der Waals surface area contributed by atoms with Crippen LogP contribution in [0.2, 0.25) is 0 Å². The van der Waals surface area contributed by atoms with Crippen molar-refractivity contribution in [3.63, 3.8) is 0 Å². The van der Waals surface area contributed by atoms with Crippen molar-refractivity contribution in [2.24, 2.45) is 17.3 Å². The van der Waals surface area contributed by atoms with Gasteiger partial charge < -0.3 is 19.3 Å². The van der Waals surface area contributed by atoms with Crippen LogP contribution >= 0.6 is 0 Å². The highest BCUT2D eigenvalue weighted by Gasteiger charge is 2.66. The van der Waals surface area contributed by atoms with Gasteiger partial charge in [-0.05, 0) is 24.0 Å². The van der Waals surface area contributed by atoms with Gasteiger partial charge in [0.25, 0.3) is 0 Å². The fourth-order valence-corrected chi connectivity index (χ4v) is 4.72. The van der Waals surface area contributed by atoms with E-state index in [1.54, 1.807) is 6.08 Å². The molecule has 116 valence electrons.